The number of benzene rings is 1. The van der Waals surface area contributed by atoms with Crippen LogP contribution in [0, 0.1) is 5.92 Å². The number of amides is 2. The minimum atomic E-state index is -0.840. The maximum atomic E-state index is 11.9. The van der Waals surface area contributed by atoms with Crippen molar-refractivity contribution < 1.29 is 14.3 Å². The van der Waals surface area contributed by atoms with Crippen LogP contribution in [0.1, 0.15) is 44.0 Å². The average molecular weight is 306 g/mol. The van der Waals surface area contributed by atoms with E-state index in [1.54, 1.807) is 12.1 Å². The molecule has 6 heteroatoms. The Labute approximate surface area is 131 Å². The number of hydrogen-bond acceptors (Lipinski definition) is 3. The minimum absolute atomic E-state index is 0.219. The molecule has 1 atom stereocenters. The second kappa shape index (κ2) is 8.38. The highest BCUT2D eigenvalue weighted by Gasteiger charge is 2.17. The normalized spacial score (nSPS) is 12.0. The lowest BCUT2D eigenvalue weighted by atomic mass is 10.0. The third-order valence-corrected chi connectivity index (χ3v) is 3.00. The Morgan fingerprint density at radius 2 is 2.05 bits per heavy atom. The molecule has 0 spiro atoms. The summed E-state index contributed by atoms with van der Waals surface area (Å²) in [6.07, 6.45) is 1.29. The molecular formula is C16H24N3O3. The van der Waals surface area contributed by atoms with Crippen LogP contribution in [0.4, 0.5) is 5.69 Å². The lowest BCUT2D eigenvalue weighted by Crippen LogP contribution is -2.30. The zero-order valence-corrected chi connectivity index (χ0v) is 13.3. The molecule has 6 nitrogen and oxygen atoms in total. The largest absolute Gasteiger partial charge is 0.493 e. The molecule has 0 fully saturated rings. The van der Waals surface area contributed by atoms with E-state index >= 15 is 0 Å². The van der Waals surface area contributed by atoms with Crippen LogP contribution in [-0.4, -0.2) is 24.5 Å². The summed E-state index contributed by atoms with van der Waals surface area (Å²) in [5, 5.41) is 2.64. The van der Waals surface area contributed by atoms with Crippen LogP contribution in [0.25, 0.3) is 0 Å². The smallest absolute Gasteiger partial charge is 0.252 e. The fraction of sp³-hybridized carbons (Fsp3) is 0.500. The summed E-state index contributed by atoms with van der Waals surface area (Å²) in [5.74, 6) is -0.352. The summed E-state index contributed by atoms with van der Waals surface area (Å²) >= 11 is 0. The molecule has 0 saturated carbocycles. The predicted octanol–water partition coefficient (Wildman–Crippen LogP) is 2.21. The van der Waals surface area contributed by atoms with Crippen molar-refractivity contribution >= 4 is 17.5 Å². The van der Waals surface area contributed by atoms with Gasteiger partial charge in [0.25, 0.3) is 5.91 Å². The molecule has 0 unspecified atom stereocenters. The van der Waals surface area contributed by atoms with Gasteiger partial charge in [-0.1, -0.05) is 20.8 Å². The molecular weight excluding hydrogens is 282 g/mol. The number of primary amides is 1. The van der Waals surface area contributed by atoms with Crippen molar-refractivity contribution in [2.45, 2.75) is 39.7 Å². The lowest BCUT2D eigenvalue weighted by molar-refractivity contribution is -0.117. The highest BCUT2D eigenvalue weighted by atomic mass is 16.5. The minimum Gasteiger partial charge on any atom is -0.493 e. The number of rotatable bonds is 8. The molecule has 1 aromatic rings. The van der Waals surface area contributed by atoms with Crippen molar-refractivity contribution in [3.05, 3.63) is 23.8 Å². The molecule has 0 saturated heterocycles. The zero-order chi connectivity index (χ0) is 16.7. The quantitative estimate of drug-likeness (QED) is 0.769. The Balaban J connectivity index is 2.86. The van der Waals surface area contributed by atoms with Crippen LogP contribution >= 0.6 is 0 Å². The van der Waals surface area contributed by atoms with Gasteiger partial charge in [0, 0.05) is 5.69 Å². The van der Waals surface area contributed by atoms with Crippen LogP contribution in [-0.2, 0) is 4.79 Å². The first-order valence-electron chi connectivity index (χ1n) is 7.43. The van der Waals surface area contributed by atoms with Crippen molar-refractivity contribution in [1.82, 2.24) is 5.73 Å². The second-order valence-electron chi connectivity index (χ2n) is 5.60. The highest BCUT2D eigenvalue weighted by Crippen LogP contribution is 2.23. The van der Waals surface area contributed by atoms with Gasteiger partial charge in [-0.15, -0.1) is 0 Å². The summed E-state index contributed by atoms with van der Waals surface area (Å²) in [4.78, 5) is 23.4. The molecule has 0 aliphatic rings. The van der Waals surface area contributed by atoms with Gasteiger partial charge in [-0.25, -0.2) is 5.73 Å². The first-order valence-corrected chi connectivity index (χ1v) is 7.43. The van der Waals surface area contributed by atoms with E-state index < -0.39 is 17.9 Å². The summed E-state index contributed by atoms with van der Waals surface area (Å²) < 4.78 is 5.46. The van der Waals surface area contributed by atoms with E-state index in [0.717, 1.165) is 6.42 Å². The van der Waals surface area contributed by atoms with E-state index in [2.05, 4.69) is 5.32 Å². The molecule has 1 radical (unpaired) electrons. The number of nitrogens with two attached hydrogens (primary N) is 1. The van der Waals surface area contributed by atoms with Crippen molar-refractivity contribution in [3.8, 4) is 5.75 Å². The monoisotopic (exact) mass is 306 g/mol. The molecule has 0 aliphatic carbocycles. The van der Waals surface area contributed by atoms with Crippen LogP contribution in [0.2, 0.25) is 0 Å². The molecule has 0 heterocycles. The van der Waals surface area contributed by atoms with Crippen LogP contribution in [0.15, 0.2) is 18.2 Å². The molecule has 1 aromatic carbocycles. The number of anilines is 1. The Bertz CT molecular complexity index is 529. The Kier molecular flexibility index (Phi) is 6.85. The van der Waals surface area contributed by atoms with Gasteiger partial charge in [0.2, 0.25) is 5.91 Å². The standard InChI is InChI=1S/C16H24N3O3/c1-4-7-22-14-6-5-11(9-12(14)15(18)20)19-16(21)13(17)8-10(2)3/h5-6,9-10,13,17H,4,7-8H2,1-3H3,(H2,18,20)(H,19,21)/t13-/m0/s1. The number of ether oxygens (including phenoxy) is 1. The van der Waals surface area contributed by atoms with E-state index in [1.807, 2.05) is 20.8 Å². The lowest BCUT2D eigenvalue weighted by Gasteiger charge is -2.15. The highest BCUT2D eigenvalue weighted by molar-refractivity contribution is 5.99. The van der Waals surface area contributed by atoms with Gasteiger partial charge in [-0.3, -0.25) is 9.59 Å². The Hall–Kier alpha value is -2.08. The van der Waals surface area contributed by atoms with Crippen LogP contribution in [0.3, 0.4) is 0 Å². The van der Waals surface area contributed by atoms with Gasteiger partial charge < -0.3 is 15.8 Å². The maximum absolute atomic E-state index is 11.9. The van der Waals surface area contributed by atoms with Gasteiger partial charge in [0.1, 0.15) is 11.8 Å². The van der Waals surface area contributed by atoms with Gasteiger partial charge in [-0.05, 0) is 37.0 Å². The third kappa shape index (κ3) is 5.37. The molecule has 121 valence electrons. The van der Waals surface area contributed by atoms with Gasteiger partial charge in [0.15, 0.2) is 0 Å². The molecule has 2 amide bonds. The van der Waals surface area contributed by atoms with E-state index in [1.165, 1.54) is 6.07 Å². The maximum Gasteiger partial charge on any atom is 0.252 e. The second-order valence-corrected chi connectivity index (χ2v) is 5.60. The summed E-state index contributed by atoms with van der Waals surface area (Å²) in [7, 11) is 0. The first-order chi connectivity index (χ1) is 10.3. The van der Waals surface area contributed by atoms with Crippen LogP contribution in [0.5, 0.6) is 5.75 Å². The van der Waals surface area contributed by atoms with E-state index in [-0.39, 0.29) is 11.5 Å². The molecule has 4 N–H and O–H groups in total. The van der Waals surface area contributed by atoms with Crippen molar-refractivity contribution in [1.29, 1.82) is 0 Å². The third-order valence-electron chi connectivity index (χ3n) is 3.00. The summed E-state index contributed by atoms with van der Waals surface area (Å²) in [6.45, 7) is 6.36. The number of carbonyl (C=O) groups excluding carboxylic acids is 2. The van der Waals surface area contributed by atoms with Crippen molar-refractivity contribution in [2.24, 2.45) is 11.7 Å². The Morgan fingerprint density at radius 3 is 2.59 bits per heavy atom. The SMILES string of the molecule is CCCOc1ccc(NC(=O)[C@@H]([NH])CC(C)C)cc1C(N)=O. The van der Waals surface area contributed by atoms with Gasteiger partial charge in [-0.2, -0.15) is 0 Å². The zero-order valence-electron chi connectivity index (χ0n) is 13.3. The number of nitrogens with one attached hydrogen (secondary N) is 2. The van der Waals surface area contributed by atoms with E-state index in [9.17, 15) is 9.59 Å². The van der Waals surface area contributed by atoms with Crippen LogP contribution < -0.4 is 21.5 Å². The van der Waals surface area contributed by atoms with Crippen molar-refractivity contribution in [2.75, 3.05) is 11.9 Å². The molecule has 1 rings (SSSR count). The van der Waals surface area contributed by atoms with Crippen molar-refractivity contribution in [3.63, 3.8) is 0 Å². The predicted molar refractivity (Wildman–Crippen MR) is 85.7 cm³/mol. The summed E-state index contributed by atoms with van der Waals surface area (Å²) in [5.41, 5.74) is 13.8. The summed E-state index contributed by atoms with van der Waals surface area (Å²) in [6, 6.07) is 3.88. The fourth-order valence-corrected chi connectivity index (χ4v) is 1.95. The van der Waals surface area contributed by atoms with E-state index in [4.69, 9.17) is 16.2 Å². The molecule has 22 heavy (non-hydrogen) atoms. The topological polar surface area (TPSA) is 105 Å². The van der Waals surface area contributed by atoms with Gasteiger partial charge >= 0.3 is 0 Å². The molecule has 0 aliphatic heterocycles. The van der Waals surface area contributed by atoms with Gasteiger partial charge in [0.05, 0.1) is 12.2 Å². The van der Waals surface area contributed by atoms with E-state index in [0.29, 0.717) is 24.5 Å². The first kappa shape index (κ1) is 18.0. The average Bonchev–Trinajstić information content (AvgIpc) is 2.44. The fourth-order valence-electron chi connectivity index (χ4n) is 1.95. The number of hydrogen-bond donors (Lipinski definition) is 2. The Morgan fingerprint density at radius 1 is 1.36 bits per heavy atom. The molecule has 0 aromatic heterocycles. The molecule has 0 bridgehead atoms. The number of carbonyl (C=O) groups is 2.